The van der Waals surface area contributed by atoms with Crippen LogP contribution in [0.1, 0.15) is 130 Å². The van der Waals surface area contributed by atoms with Crippen molar-refractivity contribution in [1.82, 2.24) is 35.3 Å². The maximum absolute atomic E-state index is 16.0. The molecule has 0 spiro atoms. The van der Waals surface area contributed by atoms with Crippen LogP contribution < -0.4 is 41.4 Å². The number of piperidine rings is 1. The summed E-state index contributed by atoms with van der Waals surface area (Å²) < 4.78 is 60.1. The molecule has 23 heteroatoms. The number of pyridine rings is 1. The molecule has 0 radical (unpaired) electrons. The van der Waals surface area contributed by atoms with Gasteiger partial charge in [0.2, 0.25) is 11.8 Å². The molecular weight excluding hydrogens is 1150 g/mol. The van der Waals surface area contributed by atoms with Gasteiger partial charge in [0.05, 0.1) is 65.4 Å². The molecule has 5 atom stereocenters. The van der Waals surface area contributed by atoms with Crippen LogP contribution in [0, 0.1) is 11.7 Å². The molecule has 2 bridgehead atoms. The average molecular weight is 1230 g/mol. The van der Waals surface area contributed by atoms with E-state index >= 15 is 4.39 Å². The first kappa shape index (κ1) is 61.1. The molecule has 7 heterocycles. The number of carbonyl (C=O) groups is 4. The molecule has 2 aliphatic carbocycles. The lowest BCUT2D eigenvalue weighted by Crippen LogP contribution is -2.56. The highest BCUT2D eigenvalue weighted by Gasteiger charge is 2.53. The van der Waals surface area contributed by atoms with Crippen molar-refractivity contribution in [1.29, 1.82) is 0 Å². The second kappa shape index (κ2) is 23.6. The first-order chi connectivity index (χ1) is 41.8. The van der Waals surface area contributed by atoms with Gasteiger partial charge in [0.25, 0.3) is 5.91 Å². The molecule has 3 saturated heterocycles. The highest BCUT2D eigenvalue weighted by molar-refractivity contribution is 7.21. The van der Waals surface area contributed by atoms with Crippen molar-refractivity contribution in [3.8, 4) is 11.5 Å². The second-order valence-corrected chi connectivity index (χ2v) is 27.6. The molecule has 4 aliphatic heterocycles. The second-order valence-electron chi connectivity index (χ2n) is 26.6. The minimum Gasteiger partial charge on any atom is -0.444 e. The number of piperazine rings is 1. The Bertz CT molecular complexity index is 3670. The van der Waals surface area contributed by atoms with Crippen molar-refractivity contribution >= 4 is 73.3 Å². The van der Waals surface area contributed by atoms with Gasteiger partial charge in [-0.3, -0.25) is 19.3 Å². The predicted octanol–water partition coefficient (Wildman–Crippen LogP) is 8.65. The Labute approximate surface area is 513 Å². The number of carbonyl (C=O) groups excluding carboxylic acids is 4. The number of rotatable bonds is 18. The number of nitrogens with zero attached hydrogens (tertiary/aromatic N) is 5. The summed E-state index contributed by atoms with van der Waals surface area (Å²) in [6.45, 7) is 15.7. The molecule has 12 rings (SSSR count). The van der Waals surface area contributed by atoms with Gasteiger partial charge in [-0.15, -0.1) is 20.1 Å². The number of alkyl halides is 2. The number of aliphatic hydroxyl groups excluding tert-OH is 2. The number of likely N-dealkylation sites (tertiary alicyclic amines) is 1. The minimum absolute atomic E-state index is 0.0404. The summed E-state index contributed by atoms with van der Waals surface area (Å²) >= 11 is 1.26. The summed E-state index contributed by atoms with van der Waals surface area (Å²) in [5, 5.41) is 35.6. The van der Waals surface area contributed by atoms with E-state index in [1.54, 1.807) is 4.57 Å². The van der Waals surface area contributed by atoms with E-state index in [9.17, 15) is 38.2 Å². The number of halogens is 3. The number of benzene rings is 3. The Morgan fingerprint density at radius 1 is 0.909 bits per heavy atom. The standard InChI is InChI=1S/C65H79F3N10O9S/c1-36(49-15-14-47-55(69)56(88-59(47)73-49)58(82)72-42-10-7-39-26-43(11-8-38(39)25-42)76-32-44-12-13-45(33-76)78(44)61(84)87-62(2,3)4)71-57(81)37-17-22-75(23-18-37)24-21-70-31-46(80)34-77-51-30-48(66)50(27-40(51)28-54(77)63(5,6)35-79)74-60(83)64(19-20-64)41-9-16-52-53(29-41)86-65(67,68)85-52/h8-9,11,14-16,26-30,36-37,42,44-46,70,79-80H,7,10,12-13,17-25,31-35,69H2,1-6H3,(H,71,81)(H,72,82)(H,74,83)/t36?,42-,44-,45+,46-/m0/s1. The summed E-state index contributed by atoms with van der Waals surface area (Å²) in [5.74, 6) is -1.94. The number of thiophene rings is 1. The van der Waals surface area contributed by atoms with E-state index in [2.05, 4.69) is 58.7 Å². The quantitative estimate of drug-likeness (QED) is 0.0399. The molecule has 3 aromatic heterocycles. The molecule has 6 aliphatic rings. The Balaban J connectivity index is 0.586. The Morgan fingerprint density at radius 3 is 2.36 bits per heavy atom. The van der Waals surface area contributed by atoms with Crippen molar-refractivity contribution in [3.05, 3.63) is 106 Å². The SMILES string of the molecule is CC(NC(=O)C1CCN(CCNC[C@H](O)Cn2c(C(C)(C)CO)cc3cc(NC(=O)C4(c5ccc6c(c5)OC(F)(F)O6)CC4)c(F)cc32)CC1)c1ccc2c(N)c(C(=O)N[C@H]3CCc4cc(N5C[C@H]6CC[C@@H](C5)N6C(=O)OC(C)(C)C)ccc4C3)sc2n1. The summed E-state index contributed by atoms with van der Waals surface area (Å²) in [7, 11) is 0. The van der Waals surface area contributed by atoms with Crippen LogP contribution in [0.2, 0.25) is 0 Å². The van der Waals surface area contributed by atoms with Crippen LogP contribution in [0.5, 0.6) is 11.5 Å². The third kappa shape index (κ3) is 12.4. The molecule has 6 aromatic rings. The predicted molar refractivity (Wildman–Crippen MR) is 330 cm³/mol. The number of anilines is 3. The topological polar surface area (TPSA) is 238 Å². The van der Waals surface area contributed by atoms with Gasteiger partial charge >= 0.3 is 12.4 Å². The van der Waals surface area contributed by atoms with Gasteiger partial charge in [-0.05, 0) is 164 Å². The number of ether oxygens (including phenoxy) is 3. The van der Waals surface area contributed by atoms with E-state index < -0.39 is 40.6 Å². The van der Waals surface area contributed by atoms with Crippen LogP contribution >= 0.6 is 11.3 Å². The van der Waals surface area contributed by atoms with E-state index in [1.807, 2.05) is 64.6 Å². The maximum atomic E-state index is 16.0. The normalized spacial score (nSPS) is 21.3. The van der Waals surface area contributed by atoms with Crippen LogP contribution in [-0.4, -0.2) is 142 Å². The number of nitrogens with two attached hydrogens (primary N) is 1. The number of nitrogen functional groups attached to an aromatic ring is 1. The Kier molecular flexibility index (Phi) is 16.4. The van der Waals surface area contributed by atoms with Crippen molar-refractivity contribution in [2.75, 3.05) is 68.4 Å². The van der Waals surface area contributed by atoms with Gasteiger partial charge in [0.1, 0.15) is 21.1 Å². The number of aliphatic hydroxyl groups is 2. The number of aromatic nitrogens is 2. The highest BCUT2D eigenvalue weighted by atomic mass is 32.1. The molecule has 470 valence electrons. The van der Waals surface area contributed by atoms with Gasteiger partial charge in [0.15, 0.2) is 11.5 Å². The first-order valence-corrected chi connectivity index (χ1v) is 31.6. The number of aryl methyl sites for hydroxylation is 1. The summed E-state index contributed by atoms with van der Waals surface area (Å²) in [6, 6.07) is 19.1. The maximum Gasteiger partial charge on any atom is 0.586 e. The summed E-state index contributed by atoms with van der Waals surface area (Å²) in [5.41, 5.74) is 10.5. The largest absolute Gasteiger partial charge is 0.586 e. The van der Waals surface area contributed by atoms with E-state index in [4.69, 9.17) is 15.5 Å². The van der Waals surface area contributed by atoms with Gasteiger partial charge in [-0.25, -0.2) is 14.2 Å². The lowest BCUT2D eigenvalue weighted by molar-refractivity contribution is -0.286. The molecule has 1 saturated carbocycles. The third-order valence-corrected chi connectivity index (χ3v) is 19.7. The molecule has 4 amide bonds. The molecule has 88 heavy (non-hydrogen) atoms. The first-order valence-electron chi connectivity index (χ1n) is 30.8. The summed E-state index contributed by atoms with van der Waals surface area (Å²) in [4.78, 5) is 66.8. The zero-order valence-corrected chi connectivity index (χ0v) is 51.5. The van der Waals surface area contributed by atoms with Crippen molar-refractivity contribution in [2.45, 2.75) is 159 Å². The molecule has 19 nitrogen and oxygen atoms in total. The monoisotopic (exact) mass is 1230 g/mol. The Hall–Kier alpha value is -7.18. The fraction of sp³-hybridized carbons (Fsp3) is 0.523. The number of hydrogen-bond donors (Lipinski definition) is 7. The van der Waals surface area contributed by atoms with Crippen LogP contribution in [0.3, 0.4) is 0 Å². The number of nitrogens with one attached hydrogen (secondary N) is 4. The fourth-order valence-electron chi connectivity index (χ4n) is 13.5. The average Bonchev–Trinajstić information content (AvgIpc) is 1.67. The van der Waals surface area contributed by atoms with Gasteiger partial charge < -0.3 is 65.8 Å². The lowest BCUT2D eigenvalue weighted by atomic mass is 9.87. The molecule has 8 N–H and O–H groups in total. The number of amides is 4. The molecule has 1 unspecified atom stereocenters. The van der Waals surface area contributed by atoms with Crippen LogP contribution in [-0.2, 0) is 44.5 Å². The number of hydrogen-bond acceptors (Lipinski definition) is 15. The summed E-state index contributed by atoms with van der Waals surface area (Å²) in [6.07, 6.45) is 1.57. The Morgan fingerprint density at radius 2 is 1.65 bits per heavy atom. The lowest BCUT2D eigenvalue weighted by Gasteiger charge is -2.42. The van der Waals surface area contributed by atoms with Gasteiger partial charge in [-0.1, -0.05) is 26.0 Å². The van der Waals surface area contributed by atoms with E-state index in [0.717, 1.165) is 51.9 Å². The zero-order valence-electron chi connectivity index (χ0n) is 50.7. The van der Waals surface area contributed by atoms with E-state index in [1.165, 1.54) is 58.5 Å². The van der Waals surface area contributed by atoms with Crippen molar-refractivity contribution in [2.24, 2.45) is 5.92 Å². The third-order valence-electron chi connectivity index (χ3n) is 18.6. The van der Waals surface area contributed by atoms with Gasteiger partial charge in [0, 0.05) is 78.3 Å². The minimum atomic E-state index is -3.81. The smallest absolute Gasteiger partial charge is 0.444 e. The fourth-order valence-corrected chi connectivity index (χ4v) is 14.5. The van der Waals surface area contributed by atoms with E-state index in [0.29, 0.717) is 93.8 Å². The van der Waals surface area contributed by atoms with Crippen LogP contribution in [0.25, 0.3) is 21.1 Å². The van der Waals surface area contributed by atoms with Crippen molar-refractivity contribution < 1.29 is 56.8 Å². The number of fused-ring (bicyclic) bond motifs is 6. The molecule has 4 fully saturated rings. The van der Waals surface area contributed by atoms with Crippen molar-refractivity contribution in [3.63, 3.8) is 0 Å². The molecular formula is C65H79F3N10O9S. The zero-order chi connectivity index (χ0) is 62.2. The van der Waals surface area contributed by atoms with E-state index in [-0.39, 0.29) is 84.9 Å². The molecule has 3 aromatic carbocycles. The van der Waals surface area contributed by atoms with Gasteiger partial charge in [-0.2, -0.15) is 0 Å². The van der Waals surface area contributed by atoms with Crippen LogP contribution in [0.4, 0.5) is 35.0 Å². The highest BCUT2D eigenvalue weighted by Crippen LogP contribution is 2.53. The van der Waals surface area contributed by atoms with Crippen LogP contribution in [0.15, 0.2) is 66.7 Å².